The topological polar surface area (TPSA) is 48.9 Å². The van der Waals surface area contributed by atoms with Crippen molar-refractivity contribution in [3.05, 3.63) is 48.0 Å². The lowest BCUT2D eigenvalue weighted by molar-refractivity contribution is -0.00255. The van der Waals surface area contributed by atoms with Gasteiger partial charge in [0.25, 0.3) is 0 Å². The molecule has 28 heavy (non-hydrogen) atoms. The van der Waals surface area contributed by atoms with Crippen LogP contribution in [0.25, 0.3) is 10.8 Å². The highest BCUT2D eigenvalue weighted by atomic mass is 16.5. The molecule has 1 unspecified atom stereocenters. The second kappa shape index (κ2) is 9.39. The summed E-state index contributed by atoms with van der Waals surface area (Å²) in [5.74, 6) is 0.871. The zero-order chi connectivity index (χ0) is 20.0. The molecule has 0 aliphatic carbocycles. The zero-order valence-corrected chi connectivity index (χ0v) is 17.7. The first-order chi connectivity index (χ1) is 13.6. The molecule has 1 aliphatic heterocycles. The van der Waals surface area contributed by atoms with E-state index in [1.165, 1.54) is 16.3 Å². The molecule has 1 fully saturated rings. The van der Waals surface area contributed by atoms with Crippen LogP contribution in [0.2, 0.25) is 0 Å². The van der Waals surface area contributed by atoms with Crippen molar-refractivity contribution in [1.82, 2.24) is 15.5 Å². The van der Waals surface area contributed by atoms with E-state index in [9.17, 15) is 0 Å². The molecule has 0 radical (unpaired) electrons. The van der Waals surface area contributed by atoms with Gasteiger partial charge in [0.15, 0.2) is 5.96 Å². The number of benzene rings is 2. The van der Waals surface area contributed by atoms with Gasteiger partial charge in [-0.05, 0) is 57.1 Å². The maximum atomic E-state index is 5.59. The third kappa shape index (κ3) is 4.65. The van der Waals surface area contributed by atoms with E-state index in [-0.39, 0.29) is 11.6 Å². The van der Waals surface area contributed by atoms with Crippen LogP contribution in [0.5, 0.6) is 0 Å². The van der Waals surface area contributed by atoms with Crippen molar-refractivity contribution in [2.75, 3.05) is 40.4 Å². The van der Waals surface area contributed by atoms with Gasteiger partial charge in [0, 0.05) is 25.3 Å². The average molecular weight is 383 g/mol. The molecule has 0 spiro atoms. The summed E-state index contributed by atoms with van der Waals surface area (Å²) in [7, 11) is 4.31. The number of guanidine groups is 1. The van der Waals surface area contributed by atoms with Gasteiger partial charge >= 0.3 is 0 Å². The molecular weight excluding hydrogens is 348 g/mol. The number of ether oxygens (including phenoxy) is 1. The number of nitrogens with one attached hydrogen (secondary N) is 2. The highest BCUT2D eigenvalue weighted by molar-refractivity contribution is 5.87. The molecule has 0 bridgehead atoms. The summed E-state index contributed by atoms with van der Waals surface area (Å²) in [6, 6.07) is 15.2. The monoisotopic (exact) mass is 382 g/mol. The Bertz CT molecular complexity index is 791. The molecule has 5 heteroatoms. The van der Waals surface area contributed by atoms with Crippen LogP contribution in [-0.4, -0.2) is 56.8 Å². The molecular formula is C23H34N4O. The van der Waals surface area contributed by atoms with Crippen molar-refractivity contribution in [2.24, 2.45) is 4.99 Å². The second-order valence-corrected chi connectivity index (χ2v) is 7.86. The highest BCUT2D eigenvalue weighted by Gasteiger charge is 2.34. The summed E-state index contributed by atoms with van der Waals surface area (Å²) in [4.78, 5) is 7.29. The quantitative estimate of drug-likeness (QED) is 0.592. The van der Waals surface area contributed by atoms with Crippen LogP contribution in [0.1, 0.15) is 38.3 Å². The maximum absolute atomic E-state index is 5.59. The maximum Gasteiger partial charge on any atom is 0.191 e. The van der Waals surface area contributed by atoms with Crippen LogP contribution in [0.4, 0.5) is 0 Å². The molecule has 0 amide bonds. The molecule has 1 heterocycles. The second-order valence-electron chi connectivity index (χ2n) is 7.86. The number of aliphatic imine (C=N–C) groups is 1. The van der Waals surface area contributed by atoms with Gasteiger partial charge in [-0.1, -0.05) is 42.5 Å². The first kappa shape index (κ1) is 20.6. The summed E-state index contributed by atoms with van der Waals surface area (Å²) >= 11 is 0. The summed E-state index contributed by atoms with van der Waals surface area (Å²) in [6.45, 7) is 7.53. The summed E-state index contributed by atoms with van der Waals surface area (Å²) in [5.41, 5.74) is 1.36. The van der Waals surface area contributed by atoms with Crippen molar-refractivity contribution in [2.45, 2.75) is 38.3 Å². The molecule has 3 rings (SSSR count). The number of fused-ring (bicyclic) bond motifs is 1. The number of nitrogens with zero attached hydrogens (tertiary/aromatic N) is 2. The third-order valence-electron chi connectivity index (χ3n) is 5.89. The smallest absolute Gasteiger partial charge is 0.191 e. The fourth-order valence-electron chi connectivity index (χ4n) is 3.96. The Labute approximate surface area is 169 Å². The van der Waals surface area contributed by atoms with Gasteiger partial charge < -0.3 is 20.3 Å². The molecule has 2 aromatic rings. The van der Waals surface area contributed by atoms with Gasteiger partial charge in [0.05, 0.1) is 12.6 Å². The van der Waals surface area contributed by atoms with Crippen LogP contribution in [0.3, 0.4) is 0 Å². The van der Waals surface area contributed by atoms with Crippen molar-refractivity contribution in [1.29, 1.82) is 0 Å². The van der Waals surface area contributed by atoms with Gasteiger partial charge in [-0.25, -0.2) is 0 Å². The minimum atomic E-state index is 0.0727. The van der Waals surface area contributed by atoms with E-state index in [1.807, 2.05) is 0 Å². The minimum absolute atomic E-state index is 0.0727. The molecule has 1 atom stereocenters. The van der Waals surface area contributed by atoms with E-state index in [1.54, 1.807) is 0 Å². The standard InChI is InChI=1S/C23H34N4O/c1-5-24-22(25-17-23(27(3)4)13-15-28-16-14-23)26-18(2)20-12-8-10-19-9-6-7-11-21(19)20/h6-12,18H,5,13-17H2,1-4H3,(H2,24,25,26). The van der Waals surface area contributed by atoms with Crippen LogP contribution in [0.15, 0.2) is 47.5 Å². The van der Waals surface area contributed by atoms with Crippen molar-refractivity contribution < 1.29 is 4.74 Å². The molecule has 1 saturated heterocycles. The predicted molar refractivity (Wildman–Crippen MR) is 118 cm³/mol. The molecule has 1 aliphatic rings. The summed E-state index contributed by atoms with van der Waals surface area (Å²) in [5, 5.41) is 9.58. The lowest BCUT2D eigenvalue weighted by atomic mass is 9.89. The fraction of sp³-hybridized carbons (Fsp3) is 0.522. The number of hydrogen-bond acceptors (Lipinski definition) is 3. The zero-order valence-electron chi connectivity index (χ0n) is 17.7. The van der Waals surface area contributed by atoms with E-state index >= 15 is 0 Å². The fourth-order valence-corrected chi connectivity index (χ4v) is 3.96. The molecule has 152 valence electrons. The Morgan fingerprint density at radius 2 is 1.86 bits per heavy atom. The Morgan fingerprint density at radius 3 is 2.57 bits per heavy atom. The molecule has 2 aromatic carbocycles. The largest absolute Gasteiger partial charge is 0.381 e. The lowest BCUT2D eigenvalue weighted by Gasteiger charge is -2.41. The number of rotatable bonds is 6. The Kier molecular flexibility index (Phi) is 6.92. The van der Waals surface area contributed by atoms with Gasteiger partial charge in [0.1, 0.15) is 0 Å². The van der Waals surface area contributed by atoms with E-state index in [0.29, 0.717) is 0 Å². The first-order valence-electron chi connectivity index (χ1n) is 10.3. The Balaban J connectivity index is 1.79. The van der Waals surface area contributed by atoms with Gasteiger partial charge in [-0.2, -0.15) is 0 Å². The van der Waals surface area contributed by atoms with Crippen molar-refractivity contribution >= 4 is 16.7 Å². The van der Waals surface area contributed by atoms with Crippen LogP contribution < -0.4 is 10.6 Å². The van der Waals surface area contributed by atoms with Crippen molar-refractivity contribution in [3.63, 3.8) is 0 Å². The summed E-state index contributed by atoms with van der Waals surface area (Å²) < 4.78 is 5.59. The Morgan fingerprint density at radius 1 is 1.14 bits per heavy atom. The van der Waals surface area contributed by atoms with Gasteiger partial charge in [-0.3, -0.25) is 4.99 Å². The molecule has 0 aromatic heterocycles. The van der Waals surface area contributed by atoms with Gasteiger partial charge in [-0.15, -0.1) is 0 Å². The van der Waals surface area contributed by atoms with Crippen molar-refractivity contribution in [3.8, 4) is 0 Å². The van der Waals surface area contributed by atoms with E-state index < -0.39 is 0 Å². The Hall–Kier alpha value is -2.11. The number of likely N-dealkylation sites (N-methyl/N-ethyl adjacent to an activating group) is 1. The van der Waals surface area contributed by atoms with Crippen LogP contribution >= 0.6 is 0 Å². The predicted octanol–water partition coefficient (Wildman–Crippen LogP) is 3.57. The molecule has 0 saturated carbocycles. The number of hydrogen-bond donors (Lipinski definition) is 2. The summed E-state index contributed by atoms with van der Waals surface area (Å²) in [6.07, 6.45) is 2.03. The first-order valence-corrected chi connectivity index (χ1v) is 10.3. The van der Waals surface area contributed by atoms with E-state index in [0.717, 1.165) is 45.1 Å². The molecule has 5 nitrogen and oxygen atoms in total. The minimum Gasteiger partial charge on any atom is -0.381 e. The third-order valence-corrected chi connectivity index (χ3v) is 5.89. The van der Waals surface area contributed by atoms with Crippen LogP contribution in [-0.2, 0) is 4.74 Å². The lowest BCUT2D eigenvalue weighted by Crippen LogP contribution is -2.51. The van der Waals surface area contributed by atoms with Gasteiger partial charge in [0.2, 0.25) is 0 Å². The van der Waals surface area contributed by atoms with E-state index in [2.05, 4.69) is 85.9 Å². The normalized spacial score (nSPS) is 18.2. The molecule has 2 N–H and O–H groups in total. The SMILES string of the molecule is CCNC(=NCC1(N(C)C)CCOCC1)NC(C)c1cccc2ccccc12. The van der Waals surface area contributed by atoms with E-state index in [4.69, 9.17) is 9.73 Å². The van der Waals surface area contributed by atoms with Crippen LogP contribution in [0, 0.1) is 0 Å². The average Bonchev–Trinajstić information content (AvgIpc) is 2.72. The highest BCUT2D eigenvalue weighted by Crippen LogP contribution is 2.27.